The van der Waals surface area contributed by atoms with E-state index in [4.69, 9.17) is 31.0 Å². The van der Waals surface area contributed by atoms with E-state index >= 15 is 0 Å². The number of fused-ring (bicyclic) bond motifs is 1. The molecule has 1 aliphatic carbocycles. The lowest BCUT2D eigenvalue weighted by molar-refractivity contribution is -0.152. The van der Waals surface area contributed by atoms with Crippen LogP contribution in [0.4, 0.5) is 0 Å². The molecule has 0 amide bonds. The van der Waals surface area contributed by atoms with Gasteiger partial charge in [0.15, 0.2) is 14.1 Å². The molecule has 1 fully saturated rings. The molecule has 0 aromatic carbocycles. The minimum atomic E-state index is -2.08. The Morgan fingerprint density at radius 2 is 1.96 bits per heavy atom. The van der Waals surface area contributed by atoms with Gasteiger partial charge in [-0.3, -0.25) is 0 Å². The van der Waals surface area contributed by atoms with E-state index in [1.807, 2.05) is 13.8 Å². The van der Waals surface area contributed by atoms with E-state index in [1.165, 1.54) is 0 Å². The molecule has 6 nitrogen and oxygen atoms in total. The molecule has 130 valence electrons. The third-order valence-corrected chi connectivity index (χ3v) is 9.63. The Balaban J connectivity index is 2.38. The third kappa shape index (κ3) is 3.76. The van der Waals surface area contributed by atoms with Gasteiger partial charge >= 0.3 is 0 Å². The summed E-state index contributed by atoms with van der Waals surface area (Å²) in [6, 6.07) is -0.500. The number of hydrogen-bond donors (Lipinski definition) is 0. The fraction of sp³-hybridized carbons (Fsp3) is 0.867. The fourth-order valence-corrected chi connectivity index (χ4v) is 4.21. The maximum atomic E-state index is 8.89. The quantitative estimate of drug-likeness (QED) is 0.317. The first kappa shape index (κ1) is 18.8. The van der Waals surface area contributed by atoms with Crippen LogP contribution in [0.15, 0.2) is 16.2 Å². The second-order valence-corrected chi connectivity index (χ2v) is 13.3. The van der Waals surface area contributed by atoms with Crippen LogP contribution in [0.2, 0.25) is 18.1 Å². The fourth-order valence-electron chi connectivity index (χ4n) is 2.60. The van der Waals surface area contributed by atoms with E-state index in [9.17, 15) is 0 Å². The van der Waals surface area contributed by atoms with Gasteiger partial charge < -0.3 is 13.9 Å². The lowest BCUT2D eigenvalue weighted by Gasteiger charge is -2.43. The van der Waals surface area contributed by atoms with Gasteiger partial charge in [-0.1, -0.05) is 43.6 Å². The average Bonchev–Trinajstić information content (AvgIpc) is 2.69. The largest absolute Gasteiger partial charge is 0.410 e. The maximum Gasteiger partial charge on any atom is 0.192 e. The molecule has 1 aliphatic heterocycles. The van der Waals surface area contributed by atoms with Crippen molar-refractivity contribution in [3.63, 3.8) is 0 Å². The zero-order chi connectivity index (χ0) is 17.6. The lowest BCUT2D eigenvalue weighted by Crippen LogP contribution is -2.54. The highest BCUT2D eigenvalue weighted by Gasteiger charge is 2.53. The van der Waals surface area contributed by atoms with Crippen LogP contribution in [0.1, 0.15) is 34.6 Å². The van der Waals surface area contributed by atoms with Crippen molar-refractivity contribution < 1.29 is 13.9 Å². The molecular formula is C15H26ClN3O3Si. The van der Waals surface area contributed by atoms with Gasteiger partial charge in [0, 0.05) is 9.94 Å². The molecule has 0 radical (unpaired) electrons. The van der Waals surface area contributed by atoms with Crippen molar-refractivity contribution in [2.24, 2.45) is 5.11 Å². The van der Waals surface area contributed by atoms with Crippen LogP contribution in [0, 0.1) is 0 Å². The molecule has 2 aliphatic rings. The van der Waals surface area contributed by atoms with Crippen molar-refractivity contribution in [2.75, 3.05) is 0 Å². The first-order chi connectivity index (χ1) is 10.4. The van der Waals surface area contributed by atoms with Crippen LogP contribution in [0.5, 0.6) is 0 Å². The minimum Gasteiger partial charge on any atom is -0.410 e. The van der Waals surface area contributed by atoms with Gasteiger partial charge in [-0.15, -0.1) is 0 Å². The maximum absolute atomic E-state index is 8.89. The van der Waals surface area contributed by atoms with Crippen molar-refractivity contribution in [3.8, 4) is 0 Å². The summed E-state index contributed by atoms with van der Waals surface area (Å²) in [5, 5.41) is 4.41. The van der Waals surface area contributed by atoms with E-state index in [2.05, 4.69) is 43.9 Å². The van der Waals surface area contributed by atoms with Gasteiger partial charge in [0.25, 0.3) is 0 Å². The molecule has 0 unspecified atom stereocenters. The first-order valence-electron chi connectivity index (χ1n) is 7.83. The Bertz CT molecular complexity index is 553. The smallest absolute Gasteiger partial charge is 0.192 e. The van der Waals surface area contributed by atoms with Crippen LogP contribution in [0.3, 0.4) is 0 Å². The minimum absolute atomic E-state index is 0.0311. The van der Waals surface area contributed by atoms with Gasteiger partial charge in [0.1, 0.15) is 12.2 Å². The summed E-state index contributed by atoms with van der Waals surface area (Å²) < 4.78 is 18.5. The molecule has 2 rings (SSSR count). The summed E-state index contributed by atoms with van der Waals surface area (Å²) in [4.78, 5) is 2.95. The molecule has 0 aromatic rings. The van der Waals surface area contributed by atoms with Gasteiger partial charge in [0.2, 0.25) is 0 Å². The van der Waals surface area contributed by atoms with Crippen LogP contribution in [-0.2, 0) is 13.9 Å². The molecule has 0 N–H and O–H groups in total. The summed E-state index contributed by atoms with van der Waals surface area (Å²) in [6.07, 6.45) is 0.560. The number of halogens is 1. The zero-order valence-electron chi connectivity index (χ0n) is 14.8. The van der Waals surface area contributed by atoms with Crippen LogP contribution in [-0.4, -0.2) is 38.5 Å². The van der Waals surface area contributed by atoms with Crippen molar-refractivity contribution >= 4 is 19.9 Å². The number of hydrogen-bond acceptors (Lipinski definition) is 4. The lowest BCUT2D eigenvalue weighted by atomic mass is 9.95. The van der Waals surface area contributed by atoms with Crippen LogP contribution < -0.4 is 0 Å². The van der Waals surface area contributed by atoms with Gasteiger partial charge in [-0.05, 0) is 37.5 Å². The highest BCUT2D eigenvalue weighted by molar-refractivity contribution is 6.74. The predicted molar refractivity (Wildman–Crippen MR) is 92.8 cm³/mol. The highest BCUT2D eigenvalue weighted by atomic mass is 35.5. The standard InChI is InChI=1S/C15H26ClN3O3Si/c1-14(2,3)23(6,7)22-12-10(18-19-17)8-9(16)11-13(12)21-15(4,5)20-11/h8,10-13H,1-7H3/t10-,11+,12+,13+/m0/s1. The second-order valence-electron chi connectivity index (χ2n) is 8.11. The SMILES string of the molecule is CC1(C)O[C@H]2[C@H](O[Si](C)(C)C(C)(C)C)[C@@H](N=[N+]=[N-])C=C(Cl)[C@H]2O1. The normalized spacial score (nSPS) is 33.7. The molecule has 0 saturated carbocycles. The summed E-state index contributed by atoms with van der Waals surface area (Å²) in [5.41, 5.74) is 8.89. The molecule has 0 bridgehead atoms. The zero-order valence-corrected chi connectivity index (χ0v) is 16.6. The molecule has 1 heterocycles. The van der Waals surface area contributed by atoms with Gasteiger partial charge in [0.05, 0.1) is 12.1 Å². The van der Waals surface area contributed by atoms with E-state index in [0.29, 0.717) is 5.03 Å². The predicted octanol–water partition coefficient (Wildman–Crippen LogP) is 4.71. The van der Waals surface area contributed by atoms with E-state index in [-0.39, 0.29) is 17.2 Å². The number of ether oxygens (including phenoxy) is 2. The first-order valence-corrected chi connectivity index (χ1v) is 11.1. The molecule has 0 aromatic heterocycles. The number of azide groups is 1. The Labute approximate surface area is 143 Å². The number of nitrogens with zero attached hydrogens (tertiary/aromatic N) is 3. The molecule has 4 atom stereocenters. The topological polar surface area (TPSA) is 76.5 Å². The average molecular weight is 360 g/mol. The second kappa shape index (κ2) is 6.06. The summed E-state index contributed by atoms with van der Waals surface area (Å²) >= 11 is 6.33. The third-order valence-electron chi connectivity index (χ3n) is 4.81. The van der Waals surface area contributed by atoms with E-state index < -0.39 is 26.3 Å². The van der Waals surface area contributed by atoms with Gasteiger partial charge in [-0.25, -0.2) is 0 Å². The van der Waals surface area contributed by atoms with Crippen molar-refractivity contribution in [2.45, 2.75) is 82.9 Å². The molecule has 23 heavy (non-hydrogen) atoms. The molecular weight excluding hydrogens is 334 g/mol. The summed E-state index contributed by atoms with van der Waals surface area (Å²) in [7, 11) is -2.08. The van der Waals surface area contributed by atoms with Crippen LogP contribution in [0.25, 0.3) is 10.4 Å². The number of rotatable bonds is 3. The van der Waals surface area contributed by atoms with Crippen LogP contribution >= 0.6 is 11.6 Å². The summed E-state index contributed by atoms with van der Waals surface area (Å²) in [5.74, 6) is -0.746. The Kier molecular flexibility index (Phi) is 4.95. The monoisotopic (exact) mass is 359 g/mol. The molecule has 1 saturated heterocycles. The Morgan fingerprint density at radius 1 is 1.35 bits per heavy atom. The highest BCUT2D eigenvalue weighted by Crippen LogP contribution is 2.44. The van der Waals surface area contributed by atoms with Crippen molar-refractivity contribution in [1.29, 1.82) is 0 Å². The van der Waals surface area contributed by atoms with E-state index in [0.717, 1.165) is 0 Å². The van der Waals surface area contributed by atoms with Gasteiger partial charge in [-0.2, -0.15) is 0 Å². The Morgan fingerprint density at radius 3 is 2.48 bits per heavy atom. The molecule has 8 heteroatoms. The molecule has 0 spiro atoms. The van der Waals surface area contributed by atoms with E-state index in [1.54, 1.807) is 6.08 Å². The Hall–Kier alpha value is -0.563. The van der Waals surface area contributed by atoms with Crippen molar-refractivity contribution in [1.82, 2.24) is 0 Å². The van der Waals surface area contributed by atoms with Crippen molar-refractivity contribution in [3.05, 3.63) is 21.6 Å². The summed E-state index contributed by atoms with van der Waals surface area (Å²) in [6.45, 7) is 14.5.